The predicted octanol–water partition coefficient (Wildman–Crippen LogP) is 2.09. The van der Waals surface area contributed by atoms with Gasteiger partial charge in [0, 0.05) is 41.9 Å². The fourth-order valence-corrected chi connectivity index (χ4v) is 2.81. The summed E-state index contributed by atoms with van der Waals surface area (Å²) in [6.45, 7) is 7.73. The van der Waals surface area contributed by atoms with E-state index in [0.29, 0.717) is 22.3 Å². The Bertz CT molecular complexity index is 458. The molecule has 1 heterocycles. The Morgan fingerprint density at radius 1 is 1.42 bits per heavy atom. The molecule has 5 heteroatoms. The summed E-state index contributed by atoms with van der Waals surface area (Å²) >= 11 is 5.95. The molecule has 1 saturated heterocycles. The molecule has 104 valence electrons. The predicted molar refractivity (Wildman–Crippen MR) is 78.5 cm³/mol. The number of benzene rings is 1. The number of hydrogen-bond acceptors (Lipinski definition) is 3. The van der Waals surface area contributed by atoms with Crippen molar-refractivity contribution in [3.8, 4) is 0 Å². The molecule has 2 N–H and O–H groups in total. The molecule has 0 radical (unpaired) electrons. The van der Waals surface area contributed by atoms with E-state index in [1.54, 1.807) is 18.2 Å². The van der Waals surface area contributed by atoms with Gasteiger partial charge in [-0.1, -0.05) is 18.5 Å². The summed E-state index contributed by atoms with van der Waals surface area (Å²) in [7, 11) is 0. The minimum atomic E-state index is 0.0109. The lowest BCUT2D eigenvalue weighted by atomic mass is 10.1. The molecule has 19 heavy (non-hydrogen) atoms. The van der Waals surface area contributed by atoms with Gasteiger partial charge in [-0.05, 0) is 31.7 Å². The first-order valence-corrected chi connectivity index (χ1v) is 6.98. The number of halogens is 1. The van der Waals surface area contributed by atoms with Crippen molar-refractivity contribution in [3.05, 3.63) is 28.8 Å². The molecule has 0 spiro atoms. The normalized spacial score (nSPS) is 20.6. The maximum Gasteiger partial charge on any atom is 0.254 e. The number of amides is 1. The number of hydrogen-bond donors (Lipinski definition) is 1. The zero-order valence-electron chi connectivity index (χ0n) is 11.4. The fraction of sp³-hybridized carbons (Fsp3) is 0.500. The van der Waals surface area contributed by atoms with Gasteiger partial charge in [0.15, 0.2) is 0 Å². The number of piperazine rings is 1. The molecule has 2 rings (SSSR count). The number of carbonyl (C=O) groups is 1. The molecule has 1 amide bonds. The van der Waals surface area contributed by atoms with Gasteiger partial charge in [0.1, 0.15) is 0 Å². The van der Waals surface area contributed by atoms with Crippen molar-refractivity contribution >= 4 is 23.2 Å². The van der Waals surface area contributed by atoms with Crippen molar-refractivity contribution in [1.29, 1.82) is 0 Å². The van der Waals surface area contributed by atoms with E-state index >= 15 is 0 Å². The monoisotopic (exact) mass is 281 g/mol. The van der Waals surface area contributed by atoms with Gasteiger partial charge in [0.25, 0.3) is 5.91 Å². The summed E-state index contributed by atoms with van der Waals surface area (Å²) in [5, 5.41) is 0.503. The van der Waals surface area contributed by atoms with E-state index in [1.165, 1.54) is 0 Å². The summed E-state index contributed by atoms with van der Waals surface area (Å²) in [6, 6.07) is 5.40. The Morgan fingerprint density at radius 2 is 2.16 bits per heavy atom. The van der Waals surface area contributed by atoms with Crippen LogP contribution in [0.4, 0.5) is 5.69 Å². The molecule has 0 bridgehead atoms. The summed E-state index contributed by atoms with van der Waals surface area (Å²) in [5.74, 6) is 0.0109. The lowest BCUT2D eigenvalue weighted by molar-refractivity contribution is 0.0528. The number of nitrogen functional groups attached to an aromatic ring is 1. The summed E-state index contributed by atoms with van der Waals surface area (Å²) < 4.78 is 0. The van der Waals surface area contributed by atoms with Crippen LogP contribution in [0.25, 0.3) is 0 Å². The minimum absolute atomic E-state index is 0.0109. The van der Waals surface area contributed by atoms with Crippen LogP contribution in [0.3, 0.4) is 0 Å². The number of nitrogens with zero attached hydrogens (tertiary/aromatic N) is 2. The molecule has 1 aliphatic rings. The molecular formula is C14H20ClN3O. The maximum atomic E-state index is 12.4. The first kappa shape index (κ1) is 14.2. The van der Waals surface area contributed by atoms with Crippen molar-refractivity contribution in [2.24, 2.45) is 0 Å². The Kier molecular flexibility index (Phi) is 4.32. The van der Waals surface area contributed by atoms with E-state index in [9.17, 15) is 4.79 Å². The van der Waals surface area contributed by atoms with Gasteiger partial charge in [-0.3, -0.25) is 9.69 Å². The molecule has 1 unspecified atom stereocenters. The third kappa shape index (κ3) is 3.19. The molecule has 1 atom stereocenters. The van der Waals surface area contributed by atoms with Crippen LogP contribution < -0.4 is 5.73 Å². The first-order chi connectivity index (χ1) is 9.01. The average molecular weight is 282 g/mol. The topological polar surface area (TPSA) is 49.6 Å². The number of rotatable bonds is 2. The van der Waals surface area contributed by atoms with E-state index in [-0.39, 0.29) is 5.91 Å². The Balaban J connectivity index is 2.12. The van der Waals surface area contributed by atoms with Gasteiger partial charge in [0.05, 0.1) is 0 Å². The zero-order valence-corrected chi connectivity index (χ0v) is 12.2. The minimum Gasteiger partial charge on any atom is -0.399 e. The molecule has 0 saturated carbocycles. The van der Waals surface area contributed by atoms with Crippen molar-refractivity contribution in [1.82, 2.24) is 9.80 Å². The van der Waals surface area contributed by atoms with E-state index in [2.05, 4.69) is 18.7 Å². The molecule has 1 aromatic rings. The zero-order chi connectivity index (χ0) is 14.0. The molecule has 1 aromatic carbocycles. The highest BCUT2D eigenvalue weighted by atomic mass is 35.5. The molecule has 1 aliphatic heterocycles. The highest BCUT2D eigenvalue weighted by Crippen LogP contribution is 2.19. The van der Waals surface area contributed by atoms with E-state index in [0.717, 1.165) is 26.2 Å². The SMILES string of the molecule is CCN1CCN(C(=O)c2cc(N)cc(Cl)c2)CC1C. The number of likely N-dealkylation sites (N-methyl/N-ethyl adjacent to an activating group) is 1. The van der Waals surface area contributed by atoms with Crippen LogP contribution >= 0.6 is 11.6 Å². The largest absolute Gasteiger partial charge is 0.399 e. The Labute approximate surface area is 119 Å². The van der Waals surface area contributed by atoms with Gasteiger partial charge >= 0.3 is 0 Å². The van der Waals surface area contributed by atoms with Crippen molar-refractivity contribution in [3.63, 3.8) is 0 Å². The highest BCUT2D eigenvalue weighted by Gasteiger charge is 2.26. The smallest absolute Gasteiger partial charge is 0.254 e. The molecule has 4 nitrogen and oxygen atoms in total. The molecule has 1 fully saturated rings. The van der Waals surface area contributed by atoms with Crippen LogP contribution in [0.5, 0.6) is 0 Å². The summed E-state index contributed by atoms with van der Waals surface area (Å²) in [6.07, 6.45) is 0. The second kappa shape index (κ2) is 5.80. The maximum absolute atomic E-state index is 12.4. The van der Waals surface area contributed by atoms with Gasteiger partial charge in [-0.15, -0.1) is 0 Å². The third-order valence-corrected chi connectivity index (χ3v) is 3.84. The van der Waals surface area contributed by atoms with Crippen LogP contribution in [0.2, 0.25) is 5.02 Å². The van der Waals surface area contributed by atoms with Gasteiger partial charge in [0.2, 0.25) is 0 Å². The van der Waals surface area contributed by atoms with E-state index < -0.39 is 0 Å². The Morgan fingerprint density at radius 3 is 2.74 bits per heavy atom. The number of nitrogens with two attached hydrogens (primary N) is 1. The van der Waals surface area contributed by atoms with Crippen LogP contribution in [-0.2, 0) is 0 Å². The summed E-state index contributed by atoms with van der Waals surface area (Å²) in [4.78, 5) is 16.7. The van der Waals surface area contributed by atoms with Crippen molar-refractivity contribution < 1.29 is 4.79 Å². The standard InChI is InChI=1S/C14H20ClN3O/c1-3-17-4-5-18(9-10(17)2)14(19)11-6-12(15)8-13(16)7-11/h6-8,10H,3-5,9,16H2,1-2H3. The van der Waals surface area contributed by atoms with Crippen LogP contribution in [0.15, 0.2) is 18.2 Å². The van der Waals surface area contributed by atoms with Crippen LogP contribution in [0, 0.1) is 0 Å². The Hall–Kier alpha value is -1.26. The van der Waals surface area contributed by atoms with Crippen LogP contribution in [-0.4, -0.2) is 47.9 Å². The second-order valence-electron chi connectivity index (χ2n) is 5.00. The third-order valence-electron chi connectivity index (χ3n) is 3.63. The van der Waals surface area contributed by atoms with Crippen molar-refractivity contribution in [2.75, 3.05) is 31.9 Å². The molecular weight excluding hydrogens is 262 g/mol. The van der Waals surface area contributed by atoms with Crippen molar-refractivity contribution in [2.45, 2.75) is 19.9 Å². The highest BCUT2D eigenvalue weighted by molar-refractivity contribution is 6.31. The quantitative estimate of drug-likeness (QED) is 0.845. The van der Waals surface area contributed by atoms with Gasteiger partial charge < -0.3 is 10.6 Å². The van der Waals surface area contributed by atoms with Crippen LogP contribution in [0.1, 0.15) is 24.2 Å². The van der Waals surface area contributed by atoms with E-state index in [4.69, 9.17) is 17.3 Å². The summed E-state index contributed by atoms with van der Waals surface area (Å²) in [5.41, 5.74) is 6.83. The molecule has 0 aromatic heterocycles. The number of anilines is 1. The second-order valence-corrected chi connectivity index (χ2v) is 5.44. The lowest BCUT2D eigenvalue weighted by Crippen LogP contribution is -2.53. The lowest BCUT2D eigenvalue weighted by Gasteiger charge is -2.39. The average Bonchev–Trinajstić information content (AvgIpc) is 2.36. The molecule has 0 aliphatic carbocycles. The van der Waals surface area contributed by atoms with E-state index in [1.807, 2.05) is 4.90 Å². The van der Waals surface area contributed by atoms with Gasteiger partial charge in [-0.2, -0.15) is 0 Å². The number of carbonyl (C=O) groups excluding carboxylic acids is 1. The van der Waals surface area contributed by atoms with Gasteiger partial charge in [-0.25, -0.2) is 0 Å². The first-order valence-electron chi connectivity index (χ1n) is 6.60. The fourth-order valence-electron chi connectivity index (χ4n) is 2.57.